The highest BCUT2D eigenvalue weighted by molar-refractivity contribution is 7.16. The van der Waals surface area contributed by atoms with Gasteiger partial charge in [-0.1, -0.05) is 0 Å². The molecule has 0 bridgehead atoms. The number of hydrogen-bond acceptors (Lipinski definition) is 5. The lowest BCUT2D eigenvalue weighted by atomic mass is 10.2. The fourth-order valence-corrected chi connectivity index (χ4v) is 2.22. The first-order chi connectivity index (χ1) is 7.72. The number of aromatic nitrogens is 3. The molecule has 2 aromatic rings. The molecule has 82 valence electrons. The zero-order chi connectivity index (χ0) is 11.5. The van der Waals surface area contributed by atoms with E-state index >= 15 is 0 Å². The van der Waals surface area contributed by atoms with Crippen LogP contribution < -0.4 is 5.73 Å². The first-order valence-electron chi connectivity index (χ1n) is 4.60. The molecule has 0 saturated carbocycles. The predicted octanol–water partition coefficient (Wildman–Crippen LogP) is 1.42. The molecule has 5 nitrogen and oxygen atoms in total. The second-order valence-electron chi connectivity index (χ2n) is 3.13. The van der Waals surface area contributed by atoms with Gasteiger partial charge in [0.1, 0.15) is 5.01 Å². The summed E-state index contributed by atoms with van der Waals surface area (Å²) in [4.78, 5) is 23.3. The molecular weight excluding hydrogens is 224 g/mol. The zero-order valence-electron chi connectivity index (χ0n) is 8.60. The SMILES string of the molecule is CC(=O)C(=CN)c1ncc(-c2cnc[nH]2)s1. The number of thiazole rings is 1. The van der Waals surface area contributed by atoms with E-state index in [0.717, 1.165) is 10.6 Å². The van der Waals surface area contributed by atoms with Crippen LogP contribution in [-0.4, -0.2) is 20.7 Å². The lowest BCUT2D eigenvalue weighted by Crippen LogP contribution is -1.98. The van der Waals surface area contributed by atoms with E-state index in [1.54, 1.807) is 18.7 Å². The summed E-state index contributed by atoms with van der Waals surface area (Å²) in [6.45, 7) is 1.47. The Morgan fingerprint density at radius 2 is 2.38 bits per heavy atom. The minimum Gasteiger partial charge on any atom is -0.404 e. The Kier molecular flexibility index (Phi) is 2.82. The van der Waals surface area contributed by atoms with Crippen LogP contribution in [0.5, 0.6) is 0 Å². The standard InChI is InChI=1S/C10H10N4OS/c1-6(15)7(2-11)10-13-4-9(16-10)8-3-12-5-14-8/h2-5H,11H2,1H3,(H,12,14). The second kappa shape index (κ2) is 4.28. The number of nitrogens with two attached hydrogens (primary N) is 1. The number of allylic oxidation sites excluding steroid dienone is 1. The van der Waals surface area contributed by atoms with Crippen LogP contribution in [0.4, 0.5) is 0 Å². The summed E-state index contributed by atoms with van der Waals surface area (Å²) in [6, 6.07) is 0. The maximum absolute atomic E-state index is 11.3. The first-order valence-corrected chi connectivity index (χ1v) is 5.42. The van der Waals surface area contributed by atoms with Crippen LogP contribution in [0, 0.1) is 0 Å². The number of H-pyrrole nitrogens is 1. The minimum absolute atomic E-state index is 0.0898. The van der Waals surface area contributed by atoms with Gasteiger partial charge in [0.25, 0.3) is 0 Å². The number of carbonyl (C=O) groups excluding carboxylic acids is 1. The first kappa shape index (κ1) is 10.6. The summed E-state index contributed by atoms with van der Waals surface area (Å²) in [5.41, 5.74) is 6.72. The van der Waals surface area contributed by atoms with Crippen LogP contribution in [0.3, 0.4) is 0 Å². The Labute approximate surface area is 96.0 Å². The molecule has 0 saturated heterocycles. The highest BCUT2D eigenvalue weighted by atomic mass is 32.1. The molecule has 0 aromatic carbocycles. The van der Waals surface area contributed by atoms with Crippen LogP contribution in [-0.2, 0) is 4.79 Å². The average molecular weight is 234 g/mol. The highest BCUT2D eigenvalue weighted by Crippen LogP contribution is 2.28. The molecule has 2 aromatic heterocycles. The van der Waals surface area contributed by atoms with Gasteiger partial charge in [-0.3, -0.25) is 4.79 Å². The number of nitrogens with zero attached hydrogens (tertiary/aromatic N) is 2. The lowest BCUT2D eigenvalue weighted by Gasteiger charge is -1.95. The number of nitrogens with one attached hydrogen (secondary N) is 1. The molecule has 6 heteroatoms. The summed E-state index contributed by atoms with van der Waals surface area (Å²) < 4.78 is 0. The molecule has 0 radical (unpaired) electrons. The van der Waals surface area contributed by atoms with Gasteiger partial charge < -0.3 is 10.7 Å². The molecule has 0 unspecified atom stereocenters. The number of Topliss-reactive ketones (excluding diaryl/α,β-unsaturated/α-hetero) is 1. The summed E-state index contributed by atoms with van der Waals surface area (Å²) in [5, 5.41) is 0.625. The van der Waals surface area contributed by atoms with Gasteiger partial charge in [-0.2, -0.15) is 0 Å². The quantitative estimate of drug-likeness (QED) is 0.786. The molecule has 0 spiro atoms. The van der Waals surface area contributed by atoms with Crippen LogP contribution in [0.1, 0.15) is 11.9 Å². The normalized spacial score (nSPS) is 11.7. The topological polar surface area (TPSA) is 84.7 Å². The third-order valence-electron chi connectivity index (χ3n) is 2.05. The van der Waals surface area contributed by atoms with Crippen molar-refractivity contribution >= 4 is 22.7 Å². The van der Waals surface area contributed by atoms with Crippen molar-refractivity contribution in [2.45, 2.75) is 6.92 Å². The van der Waals surface area contributed by atoms with Crippen molar-refractivity contribution in [2.75, 3.05) is 0 Å². The van der Waals surface area contributed by atoms with Crippen molar-refractivity contribution in [3.63, 3.8) is 0 Å². The summed E-state index contributed by atoms with van der Waals surface area (Å²) in [6.07, 6.45) is 6.29. The van der Waals surface area contributed by atoms with Crippen molar-refractivity contribution in [3.05, 3.63) is 29.9 Å². The van der Waals surface area contributed by atoms with Crippen LogP contribution in [0.25, 0.3) is 16.1 Å². The number of rotatable bonds is 3. The van der Waals surface area contributed by atoms with Crippen molar-refractivity contribution in [1.82, 2.24) is 15.0 Å². The Bertz CT molecular complexity index is 527. The van der Waals surface area contributed by atoms with Gasteiger partial charge in [0.05, 0.1) is 28.7 Å². The number of ketones is 1. The van der Waals surface area contributed by atoms with E-state index < -0.39 is 0 Å². The summed E-state index contributed by atoms with van der Waals surface area (Å²) >= 11 is 1.40. The predicted molar refractivity (Wildman–Crippen MR) is 62.5 cm³/mol. The largest absolute Gasteiger partial charge is 0.404 e. The van der Waals surface area contributed by atoms with E-state index in [0.29, 0.717) is 10.6 Å². The molecule has 0 atom stereocenters. The Morgan fingerprint density at radius 3 is 2.94 bits per heavy atom. The number of aromatic amines is 1. The Hall–Kier alpha value is -1.95. The molecule has 2 heterocycles. The zero-order valence-corrected chi connectivity index (χ0v) is 9.41. The fourth-order valence-electron chi connectivity index (χ4n) is 1.25. The number of imidazole rings is 1. The monoisotopic (exact) mass is 234 g/mol. The molecular formula is C10H10N4OS. The van der Waals surface area contributed by atoms with Gasteiger partial charge in [-0.05, 0) is 6.92 Å². The molecule has 3 N–H and O–H groups in total. The summed E-state index contributed by atoms with van der Waals surface area (Å²) in [7, 11) is 0. The number of hydrogen-bond donors (Lipinski definition) is 2. The molecule has 0 fully saturated rings. The van der Waals surface area contributed by atoms with E-state index in [4.69, 9.17) is 5.73 Å². The van der Waals surface area contributed by atoms with Gasteiger partial charge in [0.2, 0.25) is 0 Å². The van der Waals surface area contributed by atoms with Crippen molar-refractivity contribution < 1.29 is 4.79 Å². The van der Waals surface area contributed by atoms with Gasteiger partial charge in [0.15, 0.2) is 5.78 Å². The van der Waals surface area contributed by atoms with E-state index in [9.17, 15) is 4.79 Å². The van der Waals surface area contributed by atoms with Gasteiger partial charge in [-0.15, -0.1) is 11.3 Å². The van der Waals surface area contributed by atoms with Gasteiger partial charge in [-0.25, -0.2) is 9.97 Å². The minimum atomic E-state index is -0.0898. The van der Waals surface area contributed by atoms with Gasteiger partial charge >= 0.3 is 0 Å². The molecule has 0 aliphatic heterocycles. The number of carbonyl (C=O) groups is 1. The van der Waals surface area contributed by atoms with E-state index in [1.807, 2.05) is 0 Å². The van der Waals surface area contributed by atoms with Crippen LogP contribution >= 0.6 is 11.3 Å². The lowest BCUT2D eigenvalue weighted by molar-refractivity contribution is -0.111. The average Bonchev–Trinajstić information content (AvgIpc) is 2.86. The molecule has 0 aliphatic rings. The van der Waals surface area contributed by atoms with E-state index in [1.165, 1.54) is 24.5 Å². The summed E-state index contributed by atoms with van der Waals surface area (Å²) in [5.74, 6) is -0.0898. The molecule has 16 heavy (non-hydrogen) atoms. The van der Waals surface area contributed by atoms with Crippen LogP contribution in [0.2, 0.25) is 0 Å². The van der Waals surface area contributed by atoms with Crippen molar-refractivity contribution in [1.29, 1.82) is 0 Å². The van der Waals surface area contributed by atoms with Gasteiger partial charge in [0, 0.05) is 12.4 Å². The highest BCUT2D eigenvalue weighted by Gasteiger charge is 2.12. The van der Waals surface area contributed by atoms with Crippen LogP contribution in [0.15, 0.2) is 24.9 Å². The van der Waals surface area contributed by atoms with Crippen molar-refractivity contribution in [3.8, 4) is 10.6 Å². The van der Waals surface area contributed by atoms with Crippen molar-refractivity contribution in [2.24, 2.45) is 5.73 Å². The fraction of sp³-hybridized carbons (Fsp3) is 0.100. The van der Waals surface area contributed by atoms with E-state index in [-0.39, 0.29) is 5.78 Å². The molecule has 0 amide bonds. The maximum Gasteiger partial charge on any atom is 0.164 e. The maximum atomic E-state index is 11.3. The second-order valence-corrected chi connectivity index (χ2v) is 4.16. The molecule has 0 aliphatic carbocycles. The smallest absolute Gasteiger partial charge is 0.164 e. The Morgan fingerprint density at radius 1 is 1.56 bits per heavy atom. The third-order valence-corrected chi connectivity index (χ3v) is 3.11. The molecule has 2 rings (SSSR count). The van der Waals surface area contributed by atoms with E-state index in [2.05, 4.69) is 15.0 Å². The Balaban J connectivity index is 2.37. The third kappa shape index (κ3) is 1.87.